The quantitative estimate of drug-likeness (QED) is 0.730. The normalized spacial score (nSPS) is 17.2. The molecule has 2 rings (SSSR count). The molecule has 3 nitrogen and oxygen atoms in total. The summed E-state index contributed by atoms with van der Waals surface area (Å²) in [5, 5.41) is 0. The van der Waals surface area contributed by atoms with Crippen molar-refractivity contribution in [2.24, 2.45) is 11.1 Å². The average molecular weight is 205 g/mol. The predicted octanol–water partition coefficient (Wildman–Crippen LogP) is 0.903. The molecule has 0 bridgehead atoms. The topological polar surface area (TPSA) is 52.3 Å². The average Bonchev–Trinajstić information content (AvgIpc) is 2.67. The SMILES string of the molecule is COC(=O)C1(CN)Cc2ccccc2C1. The Kier molecular flexibility index (Phi) is 2.49. The van der Waals surface area contributed by atoms with E-state index in [4.69, 9.17) is 10.5 Å². The van der Waals surface area contributed by atoms with Gasteiger partial charge < -0.3 is 10.5 Å². The fourth-order valence-corrected chi connectivity index (χ4v) is 2.28. The van der Waals surface area contributed by atoms with Gasteiger partial charge in [-0.3, -0.25) is 4.79 Å². The van der Waals surface area contributed by atoms with E-state index in [-0.39, 0.29) is 5.97 Å². The van der Waals surface area contributed by atoms with Crippen LogP contribution in [0.25, 0.3) is 0 Å². The minimum Gasteiger partial charge on any atom is -0.469 e. The first-order valence-electron chi connectivity index (χ1n) is 5.07. The van der Waals surface area contributed by atoms with Crippen LogP contribution in [0.5, 0.6) is 0 Å². The van der Waals surface area contributed by atoms with Crippen molar-refractivity contribution in [1.29, 1.82) is 0 Å². The molecule has 1 aromatic carbocycles. The first kappa shape index (κ1) is 10.2. The number of ether oxygens (including phenoxy) is 1. The highest BCUT2D eigenvalue weighted by Crippen LogP contribution is 2.37. The van der Waals surface area contributed by atoms with Gasteiger partial charge >= 0.3 is 5.97 Å². The number of fused-ring (bicyclic) bond motifs is 1. The van der Waals surface area contributed by atoms with Gasteiger partial charge in [-0.05, 0) is 24.0 Å². The lowest BCUT2D eigenvalue weighted by Gasteiger charge is -2.23. The van der Waals surface area contributed by atoms with Crippen molar-refractivity contribution in [3.63, 3.8) is 0 Å². The molecule has 0 saturated heterocycles. The number of benzene rings is 1. The number of methoxy groups -OCH3 is 1. The maximum atomic E-state index is 11.7. The van der Waals surface area contributed by atoms with Crippen molar-refractivity contribution >= 4 is 5.97 Å². The van der Waals surface area contributed by atoms with E-state index in [0.717, 1.165) is 0 Å². The van der Waals surface area contributed by atoms with Crippen LogP contribution >= 0.6 is 0 Å². The van der Waals surface area contributed by atoms with Crippen LogP contribution < -0.4 is 5.73 Å². The Balaban J connectivity index is 2.33. The highest BCUT2D eigenvalue weighted by Gasteiger charge is 2.43. The largest absolute Gasteiger partial charge is 0.469 e. The fourth-order valence-electron chi connectivity index (χ4n) is 2.28. The number of nitrogens with two attached hydrogens (primary N) is 1. The van der Waals surface area contributed by atoms with Gasteiger partial charge in [0.2, 0.25) is 0 Å². The van der Waals surface area contributed by atoms with Gasteiger partial charge in [-0.1, -0.05) is 24.3 Å². The second kappa shape index (κ2) is 3.66. The molecule has 0 aromatic heterocycles. The molecule has 0 amide bonds. The lowest BCUT2D eigenvalue weighted by molar-refractivity contribution is -0.151. The maximum Gasteiger partial charge on any atom is 0.313 e. The molecule has 0 fully saturated rings. The highest BCUT2D eigenvalue weighted by molar-refractivity contribution is 5.79. The van der Waals surface area contributed by atoms with Crippen molar-refractivity contribution in [3.05, 3.63) is 35.4 Å². The molecule has 0 aliphatic heterocycles. The van der Waals surface area contributed by atoms with Crippen molar-refractivity contribution in [2.45, 2.75) is 12.8 Å². The molecule has 0 spiro atoms. The van der Waals surface area contributed by atoms with E-state index in [0.29, 0.717) is 19.4 Å². The molecule has 80 valence electrons. The molecule has 3 heteroatoms. The third-order valence-corrected chi connectivity index (χ3v) is 3.19. The minimum absolute atomic E-state index is 0.193. The van der Waals surface area contributed by atoms with Gasteiger partial charge in [0, 0.05) is 6.54 Å². The monoisotopic (exact) mass is 205 g/mol. The van der Waals surface area contributed by atoms with Crippen molar-refractivity contribution in [2.75, 3.05) is 13.7 Å². The molecule has 0 unspecified atom stereocenters. The fraction of sp³-hybridized carbons (Fsp3) is 0.417. The lowest BCUT2D eigenvalue weighted by Crippen LogP contribution is -2.40. The number of hydrogen-bond acceptors (Lipinski definition) is 3. The van der Waals surface area contributed by atoms with Crippen LogP contribution in [-0.2, 0) is 22.4 Å². The van der Waals surface area contributed by atoms with Crippen LogP contribution in [0.3, 0.4) is 0 Å². The Hall–Kier alpha value is -1.35. The summed E-state index contributed by atoms with van der Waals surface area (Å²) in [7, 11) is 1.42. The Labute approximate surface area is 89.2 Å². The molecule has 0 heterocycles. The van der Waals surface area contributed by atoms with Gasteiger partial charge in [0.15, 0.2) is 0 Å². The second-order valence-corrected chi connectivity index (χ2v) is 4.10. The molecular formula is C12H15NO2. The van der Waals surface area contributed by atoms with Crippen molar-refractivity contribution in [1.82, 2.24) is 0 Å². The van der Waals surface area contributed by atoms with E-state index in [1.807, 2.05) is 12.1 Å². The van der Waals surface area contributed by atoms with Gasteiger partial charge in [-0.2, -0.15) is 0 Å². The highest BCUT2D eigenvalue weighted by atomic mass is 16.5. The second-order valence-electron chi connectivity index (χ2n) is 4.10. The summed E-state index contributed by atoms with van der Waals surface area (Å²) in [5.74, 6) is -0.193. The molecule has 1 aliphatic carbocycles. The van der Waals surface area contributed by atoms with E-state index in [1.54, 1.807) is 0 Å². The van der Waals surface area contributed by atoms with Crippen LogP contribution in [-0.4, -0.2) is 19.6 Å². The number of carbonyl (C=O) groups is 1. The zero-order chi connectivity index (χ0) is 10.9. The van der Waals surface area contributed by atoms with Gasteiger partial charge in [-0.15, -0.1) is 0 Å². The zero-order valence-corrected chi connectivity index (χ0v) is 8.82. The van der Waals surface area contributed by atoms with E-state index in [9.17, 15) is 4.79 Å². The van der Waals surface area contributed by atoms with E-state index in [2.05, 4.69) is 12.1 Å². The van der Waals surface area contributed by atoms with E-state index in [1.165, 1.54) is 18.2 Å². The third kappa shape index (κ3) is 1.53. The zero-order valence-electron chi connectivity index (χ0n) is 8.82. The summed E-state index contributed by atoms with van der Waals surface area (Å²) in [5.41, 5.74) is 7.63. The number of hydrogen-bond donors (Lipinski definition) is 1. The first-order chi connectivity index (χ1) is 7.22. The van der Waals surface area contributed by atoms with Crippen LogP contribution in [0.1, 0.15) is 11.1 Å². The van der Waals surface area contributed by atoms with Crippen LogP contribution in [0.4, 0.5) is 0 Å². The summed E-state index contributed by atoms with van der Waals surface area (Å²) >= 11 is 0. The van der Waals surface area contributed by atoms with Gasteiger partial charge in [0.1, 0.15) is 0 Å². The summed E-state index contributed by atoms with van der Waals surface area (Å²) in [4.78, 5) is 11.7. The Morgan fingerprint density at radius 2 is 1.93 bits per heavy atom. The molecule has 1 aromatic rings. The first-order valence-corrected chi connectivity index (χ1v) is 5.07. The standard InChI is InChI=1S/C12H15NO2/c1-15-11(14)12(8-13)6-9-4-2-3-5-10(9)7-12/h2-5H,6-8,13H2,1H3. The van der Waals surface area contributed by atoms with Gasteiger partial charge in [0.05, 0.1) is 12.5 Å². The molecule has 2 N–H and O–H groups in total. The van der Waals surface area contributed by atoms with Crippen molar-refractivity contribution in [3.8, 4) is 0 Å². The number of esters is 1. The number of carbonyl (C=O) groups excluding carboxylic acids is 1. The summed E-state index contributed by atoms with van der Waals surface area (Å²) in [6.45, 7) is 0.342. The Morgan fingerprint density at radius 3 is 2.33 bits per heavy atom. The molecule has 0 radical (unpaired) electrons. The summed E-state index contributed by atoms with van der Waals surface area (Å²) in [6, 6.07) is 8.08. The van der Waals surface area contributed by atoms with Crippen molar-refractivity contribution < 1.29 is 9.53 Å². The Morgan fingerprint density at radius 1 is 1.40 bits per heavy atom. The van der Waals surface area contributed by atoms with Gasteiger partial charge in [0.25, 0.3) is 0 Å². The smallest absolute Gasteiger partial charge is 0.313 e. The van der Waals surface area contributed by atoms with Crippen LogP contribution in [0.15, 0.2) is 24.3 Å². The van der Waals surface area contributed by atoms with E-state index >= 15 is 0 Å². The lowest BCUT2D eigenvalue weighted by atomic mass is 9.85. The van der Waals surface area contributed by atoms with Crippen LogP contribution in [0.2, 0.25) is 0 Å². The van der Waals surface area contributed by atoms with E-state index < -0.39 is 5.41 Å². The predicted molar refractivity (Wildman–Crippen MR) is 57.4 cm³/mol. The summed E-state index contributed by atoms with van der Waals surface area (Å²) < 4.78 is 4.84. The maximum absolute atomic E-state index is 11.7. The number of rotatable bonds is 2. The molecule has 0 saturated carbocycles. The van der Waals surface area contributed by atoms with Crippen LogP contribution in [0, 0.1) is 5.41 Å². The molecular weight excluding hydrogens is 190 g/mol. The molecule has 0 atom stereocenters. The third-order valence-electron chi connectivity index (χ3n) is 3.19. The summed E-state index contributed by atoms with van der Waals surface area (Å²) in [6.07, 6.45) is 1.40. The minimum atomic E-state index is -0.529. The van der Waals surface area contributed by atoms with Gasteiger partial charge in [-0.25, -0.2) is 0 Å². The molecule has 1 aliphatic rings. The molecule has 15 heavy (non-hydrogen) atoms. The Bertz CT molecular complexity index is 362.